The van der Waals surface area contributed by atoms with Crippen molar-refractivity contribution in [1.29, 1.82) is 0 Å². The van der Waals surface area contributed by atoms with Gasteiger partial charge in [-0.3, -0.25) is 0 Å². The summed E-state index contributed by atoms with van der Waals surface area (Å²) in [4.78, 5) is -0.256. The molecule has 96 valence electrons. The molecule has 0 aliphatic rings. The SMILES string of the molecule is CC(C)COCCS(=O)(=O)c1ccccc1F. The first kappa shape index (κ1) is 14.1. The molecule has 0 aliphatic carbocycles. The summed E-state index contributed by atoms with van der Waals surface area (Å²) >= 11 is 0. The van der Waals surface area contributed by atoms with E-state index in [0.717, 1.165) is 6.07 Å². The van der Waals surface area contributed by atoms with Gasteiger partial charge in [0.15, 0.2) is 9.84 Å². The zero-order valence-electron chi connectivity index (χ0n) is 10.0. The average molecular weight is 260 g/mol. The van der Waals surface area contributed by atoms with Crippen LogP contribution in [0.5, 0.6) is 0 Å². The van der Waals surface area contributed by atoms with Crippen LogP contribution in [-0.4, -0.2) is 27.4 Å². The number of benzene rings is 1. The number of hydrogen-bond donors (Lipinski definition) is 0. The number of hydrogen-bond acceptors (Lipinski definition) is 3. The van der Waals surface area contributed by atoms with Crippen LogP contribution in [0.3, 0.4) is 0 Å². The lowest BCUT2D eigenvalue weighted by molar-refractivity contribution is 0.123. The molecule has 0 amide bonds. The fraction of sp³-hybridized carbons (Fsp3) is 0.500. The Labute approximate surface area is 102 Å². The molecule has 1 rings (SSSR count). The van der Waals surface area contributed by atoms with Crippen LogP contribution in [0.15, 0.2) is 29.2 Å². The first-order chi connectivity index (χ1) is 7.93. The summed E-state index contributed by atoms with van der Waals surface area (Å²) in [5, 5.41) is 0. The van der Waals surface area contributed by atoms with E-state index < -0.39 is 15.7 Å². The topological polar surface area (TPSA) is 43.4 Å². The van der Waals surface area contributed by atoms with E-state index in [1.165, 1.54) is 18.2 Å². The van der Waals surface area contributed by atoms with E-state index in [1.807, 2.05) is 13.8 Å². The minimum Gasteiger partial charge on any atom is -0.380 e. The molecule has 17 heavy (non-hydrogen) atoms. The summed E-state index contributed by atoms with van der Waals surface area (Å²) in [6, 6.07) is 5.38. The fourth-order valence-electron chi connectivity index (χ4n) is 1.29. The molecule has 0 saturated heterocycles. The molecule has 0 radical (unpaired) electrons. The molecule has 1 aromatic rings. The molecular formula is C12H17FO3S. The van der Waals surface area contributed by atoms with E-state index in [-0.39, 0.29) is 17.3 Å². The highest BCUT2D eigenvalue weighted by molar-refractivity contribution is 7.91. The minimum atomic E-state index is -3.59. The van der Waals surface area contributed by atoms with Crippen LogP contribution in [0.1, 0.15) is 13.8 Å². The number of ether oxygens (including phenoxy) is 1. The largest absolute Gasteiger partial charge is 0.380 e. The smallest absolute Gasteiger partial charge is 0.183 e. The lowest BCUT2D eigenvalue weighted by Gasteiger charge is -2.08. The van der Waals surface area contributed by atoms with E-state index >= 15 is 0 Å². The molecule has 1 aromatic carbocycles. The third-order valence-electron chi connectivity index (χ3n) is 2.12. The highest BCUT2D eigenvalue weighted by Gasteiger charge is 2.18. The molecule has 0 atom stereocenters. The first-order valence-corrected chi connectivity index (χ1v) is 7.14. The van der Waals surface area contributed by atoms with Crippen LogP contribution < -0.4 is 0 Å². The number of sulfone groups is 1. The number of rotatable bonds is 6. The summed E-state index contributed by atoms with van der Waals surface area (Å²) in [5.74, 6) is -0.553. The second-order valence-electron chi connectivity index (χ2n) is 4.22. The molecule has 0 aliphatic heterocycles. The van der Waals surface area contributed by atoms with E-state index in [1.54, 1.807) is 0 Å². The average Bonchev–Trinajstić information content (AvgIpc) is 2.24. The van der Waals surface area contributed by atoms with Gasteiger partial charge in [0, 0.05) is 6.61 Å². The van der Waals surface area contributed by atoms with Crippen molar-refractivity contribution in [2.24, 2.45) is 5.92 Å². The minimum absolute atomic E-state index is 0.0921. The Bertz CT molecular complexity index is 455. The van der Waals surface area contributed by atoms with E-state index in [2.05, 4.69) is 0 Å². The van der Waals surface area contributed by atoms with Crippen LogP contribution >= 0.6 is 0 Å². The molecular weight excluding hydrogens is 243 g/mol. The van der Waals surface area contributed by atoms with E-state index in [4.69, 9.17) is 4.74 Å². The Kier molecular flexibility index (Phi) is 5.08. The Balaban J connectivity index is 2.61. The molecule has 0 fully saturated rings. The van der Waals surface area contributed by atoms with Crippen molar-refractivity contribution < 1.29 is 17.5 Å². The van der Waals surface area contributed by atoms with Gasteiger partial charge in [-0.05, 0) is 18.1 Å². The van der Waals surface area contributed by atoms with Gasteiger partial charge < -0.3 is 4.74 Å². The molecule has 0 spiro atoms. The van der Waals surface area contributed by atoms with Gasteiger partial charge in [0.2, 0.25) is 0 Å². The Morgan fingerprint density at radius 3 is 2.53 bits per heavy atom. The summed E-state index contributed by atoms with van der Waals surface area (Å²) in [6.07, 6.45) is 0. The molecule has 0 N–H and O–H groups in total. The van der Waals surface area contributed by atoms with Crippen molar-refractivity contribution in [3.63, 3.8) is 0 Å². The van der Waals surface area contributed by atoms with Crippen LogP contribution in [0.25, 0.3) is 0 Å². The summed E-state index contributed by atoms with van der Waals surface area (Å²) in [5.41, 5.74) is 0. The van der Waals surface area contributed by atoms with E-state index in [9.17, 15) is 12.8 Å². The maximum Gasteiger partial charge on any atom is 0.183 e. The first-order valence-electron chi connectivity index (χ1n) is 5.48. The predicted octanol–water partition coefficient (Wildman–Crippen LogP) is 2.27. The molecule has 0 aromatic heterocycles. The molecule has 0 bridgehead atoms. The van der Waals surface area contributed by atoms with Crippen molar-refractivity contribution in [2.75, 3.05) is 19.0 Å². The fourth-order valence-corrected chi connectivity index (χ4v) is 2.50. The lowest BCUT2D eigenvalue weighted by atomic mass is 10.2. The van der Waals surface area contributed by atoms with Gasteiger partial charge in [0.1, 0.15) is 10.7 Å². The van der Waals surface area contributed by atoms with Crippen molar-refractivity contribution in [3.05, 3.63) is 30.1 Å². The second-order valence-corrected chi connectivity index (χ2v) is 6.30. The molecule has 0 saturated carbocycles. The Hall–Kier alpha value is -0.940. The second kappa shape index (κ2) is 6.12. The standard InChI is InChI=1S/C12H17FO3S/c1-10(2)9-16-7-8-17(14,15)12-6-4-3-5-11(12)13/h3-6,10H,7-9H2,1-2H3. The van der Waals surface area contributed by atoms with Crippen molar-refractivity contribution >= 4 is 9.84 Å². The number of halogens is 1. The van der Waals surface area contributed by atoms with Gasteiger partial charge in [-0.15, -0.1) is 0 Å². The van der Waals surface area contributed by atoms with Crippen LogP contribution in [0.2, 0.25) is 0 Å². The Morgan fingerprint density at radius 1 is 1.29 bits per heavy atom. The maximum atomic E-state index is 13.3. The zero-order chi connectivity index (χ0) is 12.9. The highest BCUT2D eigenvalue weighted by atomic mass is 32.2. The normalized spacial score (nSPS) is 12.0. The highest BCUT2D eigenvalue weighted by Crippen LogP contribution is 2.15. The summed E-state index contributed by atoms with van der Waals surface area (Å²) in [6.45, 7) is 4.55. The van der Waals surface area contributed by atoms with Crippen LogP contribution in [-0.2, 0) is 14.6 Å². The third-order valence-corrected chi connectivity index (χ3v) is 3.82. The third kappa shape index (κ3) is 4.44. The lowest BCUT2D eigenvalue weighted by Crippen LogP contribution is -2.15. The van der Waals surface area contributed by atoms with Gasteiger partial charge in [-0.1, -0.05) is 26.0 Å². The maximum absolute atomic E-state index is 13.3. The molecule has 5 heteroatoms. The van der Waals surface area contributed by atoms with Gasteiger partial charge >= 0.3 is 0 Å². The van der Waals surface area contributed by atoms with Gasteiger partial charge in [0.25, 0.3) is 0 Å². The van der Waals surface area contributed by atoms with Crippen molar-refractivity contribution in [2.45, 2.75) is 18.7 Å². The van der Waals surface area contributed by atoms with E-state index in [0.29, 0.717) is 12.5 Å². The van der Waals surface area contributed by atoms with Crippen LogP contribution in [0, 0.1) is 11.7 Å². The van der Waals surface area contributed by atoms with Gasteiger partial charge in [-0.2, -0.15) is 0 Å². The zero-order valence-corrected chi connectivity index (χ0v) is 10.8. The van der Waals surface area contributed by atoms with Gasteiger partial charge in [0.05, 0.1) is 12.4 Å². The molecule has 3 nitrogen and oxygen atoms in total. The summed E-state index contributed by atoms with van der Waals surface area (Å²) < 4.78 is 42.0. The Morgan fingerprint density at radius 2 is 1.94 bits per heavy atom. The summed E-state index contributed by atoms with van der Waals surface area (Å²) in [7, 11) is -3.59. The van der Waals surface area contributed by atoms with Crippen molar-refractivity contribution in [1.82, 2.24) is 0 Å². The quantitative estimate of drug-likeness (QED) is 0.737. The van der Waals surface area contributed by atoms with Gasteiger partial charge in [-0.25, -0.2) is 12.8 Å². The van der Waals surface area contributed by atoms with Crippen molar-refractivity contribution in [3.8, 4) is 0 Å². The molecule has 0 heterocycles. The molecule has 0 unspecified atom stereocenters. The van der Waals surface area contributed by atoms with Crippen LogP contribution in [0.4, 0.5) is 4.39 Å². The predicted molar refractivity (Wildman–Crippen MR) is 64.1 cm³/mol. The monoisotopic (exact) mass is 260 g/mol.